The zero-order valence-electron chi connectivity index (χ0n) is 17.4. The molecular weight excluding hydrogens is 376 g/mol. The SMILES string of the molecule is CCOC(=O)C1CCN(c2ncnc(N(C)C3CCN(C)CC3)c2[N+](=O)[O-])CC1. The second-order valence-corrected chi connectivity index (χ2v) is 7.79. The van der Waals surface area contributed by atoms with Gasteiger partial charge in [0.1, 0.15) is 6.33 Å². The van der Waals surface area contributed by atoms with Crippen molar-refractivity contribution in [1.29, 1.82) is 0 Å². The lowest BCUT2D eigenvalue weighted by Gasteiger charge is -2.36. The van der Waals surface area contributed by atoms with E-state index in [0.29, 0.717) is 44.2 Å². The maximum atomic E-state index is 12.0. The van der Waals surface area contributed by atoms with Crippen LogP contribution in [-0.2, 0) is 9.53 Å². The van der Waals surface area contributed by atoms with Crippen molar-refractivity contribution in [2.75, 3.05) is 56.7 Å². The van der Waals surface area contributed by atoms with Gasteiger partial charge in [0.05, 0.1) is 17.4 Å². The van der Waals surface area contributed by atoms with Crippen molar-refractivity contribution < 1.29 is 14.5 Å². The standard InChI is InChI=1S/C19H30N6O4/c1-4-29-19(26)14-5-11-24(12-6-14)18-16(25(27)28)17(20-13-21-18)23(3)15-7-9-22(2)10-8-15/h13-15H,4-12H2,1-3H3. The first kappa shape index (κ1) is 21.2. The van der Waals surface area contributed by atoms with Crippen molar-refractivity contribution in [3.8, 4) is 0 Å². The third kappa shape index (κ3) is 4.75. The van der Waals surface area contributed by atoms with Gasteiger partial charge in [-0.15, -0.1) is 0 Å². The lowest BCUT2D eigenvalue weighted by Crippen LogP contribution is -2.43. The first-order chi connectivity index (χ1) is 13.9. The molecule has 0 spiro atoms. The van der Waals surface area contributed by atoms with Gasteiger partial charge in [0.15, 0.2) is 0 Å². The molecule has 2 fully saturated rings. The van der Waals surface area contributed by atoms with E-state index >= 15 is 0 Å². The van der Waals surface area contributed by atoms with Crippen LogP contribution in [0.2, 0.25) is 0 Å². The lowest BCUT2D eigenvalue weighted by molar-refractivity contribution is -0.383. The van der Waals surface area contributed by atoms with Gasteiger partial charge in [-0.05, 0) is 52.7 Å². The highest BCUT2D eigenvalue weighted by molar-refractivity contribution is 5.74. The van der Waals surface area contributed by atoms with Crippen LogP contribution in [0.25, 0.3) is 0 Å². The van der Waals surface area contributed by atoms with E-state index in [1.165, 1.54) is 6.33 Å². The number of piperidine rings is 2. The molecule has 0 amide bonds. The van der Waals surface area contributed by atoms with Gasteiger partial charge >= 0.3 is 11.7 Å². The fourth-order valence-electron chi connectivity index (χ4n) is 4.16. The summed E-state index contributed by atoms with van der Waals surface area (Å²) in [5.41, 5.74) is -0.0523. The van der Waals surface area contributed by atoms with Gasteiger partial charge in [-0.25, -0.2) is 9.97 Å². The van der Waals surface area contributed by atoms with E-state index in [1.54, 1.807) is 6.92 Å². The summed E-state index contributed by atoms with van der Waals surface area (Å²) in [6.07, 6.45) is 4.48. The summed E-state index contributed by atoms with van der Waals surface area (Å²) in [4.78, 5) is 38.2. The number of likely N-dealkylation sites (tertiary alicyclic amines) is 1. The number of hydrogen-bond acceptors (Lipinski definition) is 9. The quantitative estimate of drug-likeness (QED) is 0.396. The van der Waals surface area contributed by atoms with Crippen LogP contribution in [0.1, 0.15) is 32.6 Å². The number of esters is 1. The Hall–Kier alpha value is -2.49. The molecule has 0 atom stereocenters. The zero-order chi connectivity index (χ0) is 21.0. The number of hydrogen-bond donors (Lipinski definition) is 0. The maximum absolute atomic E-state index is 12.0. The molecule has 2 saturated heterocycles. The normalized spacial score (nSPS) is 19.2. The maximum Gasteiger partial charge on any atom is 0.353 e. The van der Waals surface area contributed by atoms with Crippen LogP contribution in [-0.4, -0.2) is 78.7 Å². The molecule has 0 saturated carbocycles. The number of nitro groups is 1. The second kappa shape index (κ2) is 9.34. The minimum absolute atomic E-state index is 0.0523. The Labute approximate surface area is 171 Å². The summed E-state index contributed by atoms with van der Waals surface area (Å²) in [6.45, 7) is 5.13. The summed E-state index contributed by atoms with van der Waals surface area (Å²) in [6, 6.07) is 0.210. The van der Waals surface area contributed by atoms with Crippen LogP contribution in [0.15, 0.2) is 6.33 Å². The van der Waals surface area contributed by atoms with Crippen LogP contribution < -0.4 is 9.80 Å². The van der Waals surface area contributed by atoms with Crippen LogP contribution >= 0.6 is 0 Å². The van der Waals surface area contributed by atoms with E-state index in [9.17, 15) is 14.9 Å². The van der Waals surface area contributed by atoms with Crippen molar-refractivity contribution in [2.24, 2.45) is 5.92 Å². The molecule has 160 valence electrons. The highest BCUT2D eigenvalue weighted by atomic mass is 16.6. The molecule has 29 heavy (non-hydrogen) atoms. The zero-order valence-corrected chi connectivity index (χ0v) is 17.4. The Balaban J connectivity index is 1.79. The summed E-state index contributed by atoms with van der Waals surface area (Å²) in [7, 11) is 3.96. The van der Waals surface area contributed by atoms with Crippen LogP contribution in [0, 0.1) is 16.0 Å². The monoisotopic (exact) mass is 406 g/mol. The van der Waals surface area contributed by atoms with Crippen molar-refractivity contribution in [3.63, 3.8) is 0 Å². The minimum Gasteiger partial charge on any atom is -0.466 e. The highest BCUT2D eigenvalue weighted by Gasteiger charge is 2.34. The predicted molar refractivity (Wildman–Crippen MR) is 109 cm³/mol. The molecule has 0 aliphatic carbocycles. The van der Waals surface area contributed by atoms with Gasteiger partial charge in [0.2, 0.25) is 11.6 Å². The fraction of sp³-hybridized carbons (Fsp3) is 0.737. The molecule has 0 bridgehead atoms. The topological polar surface area (TPSA) is 105 Å². The third-order valence-corrected chi connectivity index (χ3v) is 5.95. The van der Waals surface area contributed by atoms with Gasteiger partial charge in [-0.3, -0.25) is 14.9 Å². The molecule has 2 aliphatic heterocycles. The molecule has 1 aromatic heterocycles. The molecule has 0 unspecified atom stereocenters. The van der Waals surface area contributed by atoms with E-state index < -0.39 is 0 Å². The van der Waals surface area contributed by atoms with Gasteiger partial charge in [0.25, 0.3) is 0 Å². The molecule has 3 rings (SSSR count). The molecule has 3 heterocycles. The Morgan fingerprint density at radius 3 is 2.48 bits per heavy atom. The average molecular weight is 406 g/mol. The van der Waals surface area contributed by atoms with Gasteiger partial charge in [0, 0.05) is 26.2 Å². The number of aromatic nitrogens is 2. The Morgan fingerprint density at radius 2 is 1.90 bits per heavy atom. The smallest absolute Gasteiger partial charge is 0.353 e. The van der Waals surface area contributed by atoms with E-state index in [4.69, 9.17) is 4.74 Å². The number of rotatable bonds is 6. The van der Waals surface area contributed by atoms with Crippen molar-refractivity contribution in [2.45, 2.75) is 38.6 Å². The minimum atomic E-state index is -0.381. The summed E-state index contributed by atoms with van der Waals surface area (Å²) >= 11 is 0. The summed E-state index contributed by atoms with van der Waals surface area (Å²) in [5, 5.41) is 12.0. The Morgan fingerprint density at radius 1 is 1.24 bits per heavy atom. The van der Waals surface area contributed by atoms with Crippen molar-refractivity contribution in [3.05, 3.63) is 16.4 Å². The van der Waals surface area contributed by atoms with Crippen LogP contribution in [0.5, 0.6) is 0 Å². The van der Waals surface area contributed by atoms with E-state index in [0.717, 1.165) is 25.9 Å². The molecular formula is C19H30N6O4. The fourth-order valence-corrected chi connectivity index (χ4v) is 4.16. The molecule has 10 heteroatoms. The average Bonchev–Trinajstić information content (AvgIpc) is 2.73. The van der Waals surface area contributed by atoms with Crippen molar-refractivity contribution >= 4 is 23.3 Å². The Bertz CT molecular complexity index is 729. The van der Waals surface area contributed by atoms with Crippen LogP contribution in [0.3, 0.4) is 0 Å². The van der Waals surface area contributed by atoms with Crippen LogP contribution in [0.4, 0.5) is 17.3 Å². The van der Waals surface area contributed by atoms with E-state index in [-0.39, 0.29) is 28.5 Å². The molecule has 0 aromatic carbocycles. The molecule has 0 radical (unpaired) electrons. The molecule has 2 aliphatic rings. The van der Waals surface area contributed by atoms with E-state index in [2.05, 4.69) is 21.9 Å². The van der Waals surface area contributed by atoms with Gasteiger partial charge < -0.3 is 19.4 Å². The number of carbonyl (C=O) groups excluding carboxylic acids is 1. The van der Waals surface area contributed by atoms with Crippen molar-refractivity contribution in [1.82, 2.24) is 14.9 Å². The lowest BCUT2D eigenvalue weighted by atomic mass is 9.97. The molecule has 10 nitrogen and oxygen atoms in total. The molecule has 1 aromatic rings. The highest BCUT2D eigenvalue weighted by Crippen LogP contribution is 2.37. The largest absolute Gasteiger partial charge is 0.466 e. The molecule has 0 N–H and O–H groups in total. The predicted octanol–water partition coefficient (Wildman–Crippen LogP) is 1.69. The first-order valence-corrected chi connectivity index (χ1v) is 10.2. The second-order valence-electron chi connectivity index (χ2n) is 7.79. The third-order valence-electron chi connectivity index (χ3n) is 5.95. The van der Waals surface area contributed by atoms with E-state index in [1.807, 2.05) is 16.8 Å². The first-order valence-electron chi connectivity index (χ1n) is 10.2. The number of anilines is 2. The number of nitrogens with zero attached hydrogens (tertiary/aromatic N) is 6. The number of ether oxygens (including phenoxy) is 1. The van der Waals surface area contributed by atoms with Gasteiger partial charge in [-0.1, -0.05) is 0 Å². The summed E-state index contributed by atoms with van der Waals surface area (Å²) in [5.74, 6) is 0.352. The number of carbonyl (C=O) groups is 1. The van der Waals surface area contributed by atoms with Gasteiger partial charge in [-0.2, -0.15) is 0 Å². The Kier molecular flexibility index (Phi) is 6.83. The summed E-state index contributed by atoms with van der Waals surface area (Å²) < 4.78 is 5.11.